The molecule has 1 atom stereocenters. The fourth-order valence-electron chi connectivity index (χ4n) is 2.29. The molecule has 1 unspecified atom stereocenters. The molecule has 0 aliphatic carbocycles. The summed E-state index contributed by atoms with van der Waals surface area (Å²) in [6.45, 7) is 6.37. The van der Waals surface area contributed by atoms with Crippen LogP contribution in [-0.4, -0.2) is 35.5 Å². The highest BCUT2D eigenvalue weighted by atomic mass is 32.2. The van der Waals surface area contributed by atoms with Crippen LogP contribution >= 0.6 is 11.8 Å². The number of nitrogens with zero attached hydrogens (tertiary/aromatic N) is 2. The van der Waals surface area contributed by atoms with Crippen LogP contribution in [0.15, 0.2) is 22.7 Å². The number of amides is 1. The molecule has 1 heterocycles. The van der Waals surface area contributed by atoms with Gasteiger partial charge in [0.05, 0.1) is 31.3 Å². The second-order valence-electron chi connectivity index (χ2n) is 5.77. The van der Waals surface area contributed by atoms with Gasteiger partial charge in [-0.3, -0.25) is 4.79 Å². The van der Waals surface area contributed by atoms with E-state index in [-0.39, 0.29) is 11.9 Å². The Morgan fingerprint density at radius 2 is 2.19 bits per heavy atom. The van der Waals surface area contributed by atoms with Crippen LogP contribution in [0.2, 0.25) is 0 Å². The second-order valence-corrected chi connectivity index (χ2v) is 6.76. The number of ether oxygens (including phenoxy) is 2. The number of methoxy groups -OCH3 is 1. The molecule has 2 rings (SSSR count). The summed E-state index contributed by atoms with van der Waals surface area (Å²) in [5.41, 5.74) is 0.956. The first kappa shape index (κ1) is 20.1. The SMILES string of the molecule is CCCOc1ccc(C(C)NC(=O)CSCc2noc(C)n2)cc1OC. The van der Waals surface area contributed by atoms with Crippen molar-refractivity contribution in [1.29, 1.82) is 0 Å². The van der Waals surface area contributed by atoms with Gasteiger partial charge in [0.15, 0.2) is 17.3 Å². The monoisotopic (exact) mass is 379 g/mol. The summed E-state index contributed by atoms with van der Waals surface area (Å²) in [5.74, 6) is 3.32. The highest BCUT2D eigenvalue weighted by molar-refractivity contribution is 7.99. The highest BCUT2D eigenvalue weighted by Gasteiger charge is 2.13. The highest BCUT2D eigenvalue weighted by Crippen LogP contribution is 2.30. The molecule has 0 saturated heterocycles. The summed E-state index contributed by atoms with van der Waals surface area (Å²) in [4.78, 5) is 16.2. The third-order valence-corrected chi connectivity index (χ3v) is 4.49. The molecule has 0 radical (unpaired) electrons. The van der Waals surface area contributed by atoms with Crippen LogP contribution in [0.4, 0.5) is 0 Å². The van der Waals surface area contributed by atoms with Crippen molar-refractivity contribution < 1.29 is 18.8 Å². The predicted octanol–water partition coefficient (Wildman–Crippen LogP) is 3.29. The van der Waals surface area contributed by atoms with Crippen LogP contribution in [0.3, 0.4) is 0 Å². The maximum atomic E-state index is 12.1. The molecule has 8 heteroatoms. The van der Waals surface area contributed by atoms with E-state index in [2.05, 4.69) is 22.4 Å². The number of carbonyl (C=O) groups excluding carboxylic acids is 1. The number of aromatic nitrogens is 2. The minimum absolute atomic E-state index is 0.0482. The number of thioether (sulfide) groups is 1. The molecule has 0 saturated carbocycles. The van der Waals surface area contributed by atoms with Gasteiger partial charge in [0.25, 0.3) is 0 Å². The largest absolute Gasteiger partial charge is 0.493 e. The van der Waals surface area contributed by atoms with Crippen molar-refractivity contribution in [3.63, 3.8) is 0 Å². The van der Waals surface area contributed by atoms with Gasteiger partial charge in [-0.1, -0.05) is 18.1 Å². The van der Waals surface area contributed by atoms with Crippen LogP contribution in [0.25, 0.3) is 0 Å². The molecule has 1 amide bonds. The van der Waals surface area contributed by atoms with Gasteiger partial charge in [0.2, 0.25) is 11.8 Å². The molecule has 1 aromatic heterocycles. The van der Waals surface area contributed by atoms with Gasteiger partial charge >= 0.3 is 0 Å². The fraction of sp³-hybridized carbons (Fsp3) is 0.500. The minimum atomic E-state index is -0.135. The quantitative estimate of drug-likeness (QED) is 0.678. The van der Waals surface area contributed by atoms with Gasteiger partial charge in [-0.05, 0) is 31.0 Å². The van der Waals surface area contributed by atoms with Gasteiger partial charge in [-0.25, -0.2) is 0 Å². The average molecular weight is 379 g/mol. The Morgan fingerprint density at radius 3 is 2.85 bits per heavy atom. The number of hydrogen-bond acceptors (Lipinski definition) is 7. The molecular formula is C18H25N3O4S. The van der Waals surface area contributed by atoms with Gasteiger partial charge in [-0.2, -0.15) is 4.98 Å². The molecule has 0 bridgehead atoms. The van der Waals surface area contributed by atoms with E-state index >= 15 is 0 Å². The Hall–Kier alpha value is -2.22. The van der Waals surface area contributed by atoms with E-state index in [0.29, 0.717) is 41.3 Å². The molecule has 0 aliphatic rings. The van der Waals surface area contributed by atoms with Crippen molar-refractivity contribution in [2.24, 2.45) is 0 Å². The standard InChI is InChI=1S/C18H25N3O4S/c1-5-8-24-15-7-6-14(9-16(15)23-4)12(2)19-18(22)11-26-10-17-20-13(3)25-21-17/h6-7,9,12H,5,8,10-11H2,1-4H3,(H,19,22). The summed E-state index contributed by atoms with van der Waals surface area (Å²) < 4.78 is 15.9. The van der Waals surface area contributed by atoms with E-state index in [1.165, 1.54) is 11.8 Å². The van der Waals surface area contributed by atoms with Crippen molar-refractivity contribution in [3.8, 4) is 11.5 Å². The summed E-state index contributed by atoms with van der Waals surface area (Å²) in [6.07, 6.45) is 0.929. The first-order chi connectivity index (χ1) is 12.5. The maximum Gasteiger partial charge on any atom is 0.230 e. The van der Waals surface area contributed by atoms with Gasteiger partial charge in [-0.15, -0.1) is 11.8 Å². The summed E-state index contributed by atoms with van der Waals surface area (Å²) in [6, 6.07) is 5.57. The third kappa shape index (κ3) is 5.94. The molecule has 0 fully saturated rings. The summed E-state index contributed by atoms with van der Waals surface area (Å²) in [5, 5.41) is 6.79. The lowest BCUT2D eigenvalue weighted by Crippen LogP contribution is -2.28. The maximum absolute atomic E-state index is 12.1. The van der Waals surface area contributed by atoms with E-state index < -0.39 is 0 Å². The van der Waals surface area contributed by atoms with Gasteiger partial charge < -0.3 is 19.3 Å². The fourth-order valence-corrected chi connectivity index (χ4v) is 2.96. The van der Waals surface area contributed by atoms with E-state index in [9.17, 15) is 4.79 Å². The predicted molar refractivity (Wildman–Crippen MR) is 101 cm³/mol. The first-order valence-corrected chi connectivity index (χ1v) is 9.66. The molecule has 1 aromatic carbocycles. The lowest BCUT2D eigenvalue weighted by molar-refractivity contribution is -0.119. The Kier molecular flexibility index (Phi) is 7.77. The van der Waals surface area contributed by atoms with Crippen LogP contribution in [-0.2, 0) is 10.5 Å². The lowest BCUT2D eigenvalue weighted by Gasteiger charge is -2.17. The Balaban J connectivity index is 1.85. The van der Waals surface area contributed by atoms with Crippen LogP contribution in [0.1, 0.15) is 43.6 Å². The van der Waals surface area contributed by atoms with Crippen LogP contribution in [0.5, 0.6) is 11.5 Å². The molecule has 2 aromatic rings. The first-order valence-electron chi connectivity index (χ1n) is 8.50. The Labute approximate surface area is 157 Å². The smallest absolute Gasteiger partial charge is 0.230 e. The molecule has 26 heavy (non-hydrogen) atoms. The van der Waals surface area contributed by atoms with Crippen molar-refractivity contribution >= 4 is 17.7 Å². The Morgan fingerprint density at radius 1 is 1.38 bits per heavy atom. The molecule has 142 valence electrons. The number of nitrogens with one attached hydrogen (secondary N) is 1. The number of hydrogen-bond donors (Lipinski definition) is 1. The number of carbonyl (C=O) groups is 1. The van der Waals surface area contributed by atoms with Crippen molar-refractivity contribution in [2.45, 2.75) is 39.0 Å². The van der Waals surface area contributed by atoms with Crippen molar-refractivity contribution in [2.75, 3.05) is 19.5 Å². The second kappa shape index (κ2) is 10.1. The van der Waals surface area contributed by atoms with Gasteiger partial charge in [0, 0.05) is 6.92 Å². The number of rotatable bonds is 10. The van der Waals surface area contributed by atoms with Crippen molar-refractivity contribution in [1.82, 2.24) is 15.5 Å². The zero-order valence-corrected chi connectivity index (χ0v) is 16.4. The Bertz CT molecular complexity index is 720. The molecule has 1 N–H and O–H groups in total. The molecule has 7 nitrogen and oxygen atoms in total. The van der Waals surface area contributed by atoms with Crippen LogP contribution in [0, 0.1) is 6.92 Å². The lowest BCUT2D eigenvalue weighted by atomic mass is 10.1. The normalized spacial score (nSPS) is 11.8. The number of benzene rings is 1. The van der Waals surface area contributed by atoms with E-state index in [1.54, 1.807) is 14.0 Å². The topological polar surface area (TPSA) is 86.5 Å². The van der Waals surface area contributed by atoms with Crippen molar-refractivity contribution in [3.05, 3.63) is 35.5 Å². The zero-order valence-electron chi connectivity index (χ0n) is 15.6. The summed E-state index contributed by atoms with van der Waals surface area (Å²) in [7, 11) is 1.61. The third-order valence-electron chi connectivity index (χ3n) is 3.56. The van der Waals surface area contributed by atoms with Gasteiger partial charge in [0.1, 0.15) is 0 Å². The van der Waals surface area contributed by atoms with Crippen LogP contribution < -0.4 is 14.8 Å². The van der Waals surface area contributed by atoms with E-state index in [1.807, 2.05) is 25.1 Å². The molecule has 0 spiro atoms. The average Bonchev–Trinajstić information content (AvgIpc) is 3.04. The number of aryl methyl sites for hydroxylation is 1. The van der Waals surface area contributed by atoms with E-state index in [4.69, 9.17) is 14.0 Å². The summed E-state index contributed by atoms with van der Waals surface area (Å²) >= 11 is 1.44. The minimum Gasteiger partial charge on any atom is -0.493 e. The zero-order chi connectivity index (χ0) is 18.9. The van der Waals surface area contributed by atoms with E-state index in [0.717, 1.165) is 12.0 Å². The molecule has 0 aliphatic heterocycles. The molecular weight excluding hydrogens is 354 g/mol.